The van der Waals surface area contributed by atoms with Crippen molar-refractivity contribution < 1.29 is 19.1 Å². The molecule has 8 heteroatoms. The Morgan fingerprint density at radius 2 is 1.68 bits per heavy atom. The number of nitrogens with one attached hydrogen (secondary N) is 2. The molecule has 0 aliphatic heterocycles. The lowest BCUT2D eigenvalue weighted by molar-refractivity contribution is -0.119. The molecule has 1 aromatic heterocycles. The van der Waals surface area contributed by atoms with Crippen LogP contribution in [0.3, 0.4) is 0 Å². The molecular formula is C20H15ClN2O4S. The Kier molecular flexibility index (Phi) is 6.41. The number of ether oxygens (including phenoxy) is 1. The highest BCUT2D eigenvalue weighted by Crippen LogP contribution is 2.19. The van der Waals surface area contributed by atoms with Crippen LogP contribution in [0.15, 0.2) is 66.0 Å². The first kappa shape index (κ1) is 19.6. The number of benzene rings is 2. The fourth-order valence-corrected chi connectivity index (χ4v) is 3.05. The predicted octanol–water partition coefficient (Wildman–Crippen LogP) is 4.45. The molecule has 3 aromatic rings. The van der Waals surface area contributed by atoms with Gasteiger partial charge in [-0.3, -0.25) is 9.59 Å². The van der Waals surface area contributed by atoms with E-state index in [0.29, 0.717) is 21.3 Å². The van der Waals surface area contributed by atoms with Gasteiger partial charge < -0.3 is 15.4 Å². The number of rotatable bonds is 6. The average molecular weight is 415 g/mol. The van der Waals surface area contributed by atoms with Gasteiger partial charge in [0.15, 0.2) is 6.61 Å². The minimum Gasteiger partial charge on any atom is -0.451 e. The third kappa shape index (κ3) is 5.18. The van der Waals surface area contributed by atoms with Crippen LogP contribution in [0.1, 0.15) is 20.0 Å². The average Bonchev–Trinajstić information content (AvgIpc) is 3.23. The van der Waals surface area contributed by atoms with Gasteiger partial charge in [-0.05, 0) is 47.8 Å². The fraction of sp³-hybridized carbons (Fsp3) is 0.0500. The van der Waals surface area contributed by atoms with Crippen LogP contribution in [0, 0.1) is 0 Å². The molecule has 0 bridgehead atoms. The number of amides is 2. The van der Waals surface area contributed by atoms with E-state index >= 15 is 0 Å². The number of hydrogen-bond donors (Lipinski definition) is 2. The lowest BCUT2D eigenvalue weighted by Gasteiger charge is -2.11. The van der Waals surface area contributed by atoms with Gasteiger partial charge in [0.25, 0.3) is 11.8 Å². The van der Waals surface area contributed by atoms with Gasteiger partial charge >= 0.3 is 5.97 Å². The first-order valence-corrected chi connectivity index (χ1v) is 9.45. The summed E-state index contributed by atoms with van der Waals surface area (Å²) in [6.45, 7) is -0.454. The van der Waals surface area contributed by atoms with Crippen LogP contribution in [-0.4, -0.2) is 24.4 Å². The largest absolute Gasteiger partial charge is 0.451 e. The van der Waals surface area contributed by atoms with Crippen molar-refractivity contribution in [2.24, 2.45) is 0 Å². The van der Waals surface area contributed by atoms with Gasteiger partial charge in [-0.15, -0.1) is 11.3 Å². The molecule has 0 fully saturated rings. The Morgan fingerprint density at radius 1 is 0.929 bits per heavy atom. The number of carbonyl (C=O) groups excluding carboxylic acids is 3. The highest BCUT2D eigenvalue weighted by molar-refractivity contribution is 7.11. The first-order chi connectivity index (χ1) is 13.5. The van der Waals surface area contributed by atoms with Gasteiger partial charge in [-0.2, -0.15) is 0 Å². The fourth-order valence-electron chi connectivity index (χ4n) is 2.30. The molecule has 1 heterocycles. The van der Waals surface area contributed by atoms with Crippen molar-refractivity contribution >= 4 is 52.1 Å². The second kappa shape index (κ2) is 9.16. The third-order valence-corrected chi connectivity index (χ3v) is 4.71. The molecule has 142 valence electrons. The van der Waals surface area contributed by atoms with E-state index in [-0.39, 0.29) is 5.56 Å². The molecule has 0 saturated carbocycles. The third-order valence-electron chi connectivity index (χ3n) is 3.60. The van der Waals surface area contributed by atoms with E-state index in [1.54, 1.807) is 66.0 Å². The highest BCUT2D eigenvalue weighted by Gasteiger charge is 2.15. The van der Waals surface area contributed by atoms with Crippen LogP contribution in [0.5, 0.6) is 0 Å². The second-order valence-electron chi connectivity index (χ2n) is 5.61. The minimum absolute atomic E-state index is 0.274. The van der Waals surface area contributed by atoms with Gasteiger partial charge in [0.05, 0.1) is 11.3 Å². The number of esters is 1. The van der Waals surface area contributed by atoms with E-state index in [9.17, 15) is 14.4 Å². The van der Waals surface area contributed by atoms with Crippen LogP contribution in [-0.2, 0) is 9.53 Å². The normalized spacial score (nSPS) is 10.2. The molecular weight excluding hydrogens is 400 g/mol. The molecule has 0 aliphatic carbocycles. The maximum atomic E-state index is 12.5. The smallest absolute Gasteiger partial charge is 0.348 e. The summed E-state index contributed by atoms with van der Waals surface area (Å²) in [6, 6.07) is 16.5. The van der Waals surface area contributed by atoms with E-state index in [1.807, 2.05) is 0 Å². The van der Waals surface area contributed by atoms with Crippen molar-refractivity contribution in [1.82, 2.24) is 0 Å². The molecule has 0 unspecified atom stereocenters. The summed E-state index contributed by atoms with van der Waals surface area (Å²) in [4.78, 5) is 36.9. The zero-order chi connectivity index (χ0) is 19.9. The van der Waals surface area contributed by atoms with Gasteiger partial charge in [0, 0.05) is 10.7 Å². The summed E-state index contributed by atoms with van der Waals surface area (Å²) < 4.78 is 4.97. The molecule has 0 radical (unpaired) electrons. The van der Waals surface area contributed by atoms with Gasteiger partial charge in [0.1, 0.15) is 4.88 Å². The van der Waals surface area contributed by atoms with Gasteiger partial charge in [-0.25, -0.2) is 4.79 Å². The standard InChI is InChI=1S/C20H15ClN2O4S/c21-13-7-9-14(10-8-13)22-19(25)15-4-1-2-5-16(15)23-18(24)12-27-20(26)17-6-3-11-28-17/h1-11H,12H2,(H,22,25)(H,23,24). The Balaban J connectivity index is 1.62. The molecule has 2 amide bonds. The predicted molar refractivity (Wildman–Crippen MR) is 109 cm³/mol. The molecule has 28 heavy (non-hydrogen) atoms. The molecule has 6 nitrogen and oxygen atoms in total. The van der Waals surface area contributed by atoms with Crippen LogP contribution >= 0.6 is 22.9 Å². The number of carbonyl (C=O) groups is 3. The first-order valence-electron chi connectivity index (χ1n) is 8.19. The second-order valence-corrected chi connectivity index (χ2v) is 6.99. The molecule has 0 spiro atoms. The number of thiophene rings is 1. The number of para-hydroxylation sites is 1. The summed E-state index contributed by atoms with van der Waals surface area (Å²) in [6.07, 6.45) is 0. The van der Waals surface area contributed by atoms with E-state index in [2.05, 4.69) is 10.6 Å². The summed E-state index contributed by atoms with van der Waals surface area (Å²) in [5.41, 5.74) is 1.15. The molecule has 2 aromatic carbocycles. The van der Waals surface area contributed by atoms with Crippen molar-refractivity contribution in [3.8, 4) is 0 Å². The summed E-state index contributed by atoms with van der Waals surface area (Å²) in [7, 11) is 0. The zero-order valence-electron chi connectivity index (χ0n) is 14.5. The van der Waals surface area contributed by atoms with Crippen molar-refractivity contribution in [2.45, 2.75) is 0 Å². The van der Waals surface area contributed by atoms with E-state index in [1.165, 1.54) is 11.3 Å². The van der Waals surface area contributed by atoms with Crippen molar-refractivity contribution in [1.29, 1.82) is 0 Å². The quantitative estimate of drug-likeness (QED) is 0.583. The van der Waals surface area contributed by atoms with E-state index < -0.39 is 24.4 Å². The zero-order valence-corrected chi connectivity index (χ0v) is 16.0. The maximum absolute atomic E-state index is 12.5. The SMILES string of the molecule is O=C(COC(=O)c1cccs1)Nc1ccccc1C(=O)Nc1ccc(Cl)cc1. The lowest BCUT2D eigenvalue weighted by Crippen LogP contribution is -2.23. The Bertz CT molecular complexity index is 988. The summed E-state index contributed by atoms with van der Waals surface area (Å²) >= 11 is 7.06. The van der Waals surface area contributed by atoms with E-state index in [4.69, 9.17) is 16.3 Å². The highest BCUT2D eigenvalue weighted by atomic mass is 35.5. The Morgan fingerprint density at radius 3 is 2.39 bits per heavy atom. The van der Waals surface area contributed by atoms with Crippen LogP contribution < -0.4 is 10.6 Å². The van der Waals surface area contributed by atoms with Crippen molar-refractivity contribution in [2.75, 3.05) is 17.2 Å². The number of anilines is 2. The topological polar surface area (TPSA) is 84.5 Å². The molecule has 0 aliphatic rings. The summed E-state index contributed by atoms with van der Waals surface area (Å²) in [5.74, 6) is -1.51. The lowest BCUT2D eigenvalue weighted by atomic mass is 10.1. The monoisotopic (exact) mass is 414 g/mol. The summed E-state index contributed by atoms with van der Waals surface area (Å²) in [5, 5.41) is 7.63. The van der Waals surface area contributed by atoms with Crippen LogP contribution in [0.4, 0.5) is 11.4 Å². The molecule has 0 atom stereocenters. The number of hydrogen-bond acceptors (Lipinski definition) is 5. The van der Waals surface area contributed by atoms with Crippen LogP contribution in [0.2, 0.25) is 5.02 Å². The van der Waals surface area contributed by atoms with Gasteiger partial charge in [-0.1, -0.05) is 29.8 Å². The molecule has 3 rings (SSSR count). The van der Waals surface area contributed by atoms with Crippen LogP contribution in [0.25, 0.3) is 0 Å². The van der Waals surface area contributed by atoms with Crippen molar-refractivity contribution in [3.05, 3.63) is 81.5 Å². The minimum atomic E-state index is -0.570. The maximum Gasteiger partial charge on any atom is 0.348 e. The molecule has 0 saturated heterocycles. The number of halogens is 1. The van der Waals surface area contributed by atoms with Gasteiger partial charge in [0.2, 0.25) is 0 Å². The molecule has 2 N–H and O–H groups in total. The Hall–Kier alpha value is -3.16. The Labute approximate surface area is 170 Å². The van der Waals surface area contributed by atoms with Crippen molar-refractivity contribution in [3.63, 3.8) is 0 Å². The van der Waals surface area contributed by atoms with E-state index in [0.717, 1.165) is 0 Å².